The Hall–Kier alpha value is -1.25. The number of rotatable bonds is 3. The van der Waals surface area contributed by atoms with Gasteiger partial charge in [-0.05, 0) is 0 Å². The second-order valence-electron chi connectivity index (χ2n) is 1.18. The van der Waals surface area contributed by atoms with Crippen LogP contribution >= 0.6 is 0 Å². The van der Waals surface area contributed by atoms with Gasteiger partial charge in [-0.1, -0.05) is 6.58 Å². The highest BCUT2D eigenvalue weighted by Gasteiger charge is 1.82. The molecule has 0 saturated heterocycles. The summed E-state index contributed by atoms with van der Waals surface area (Å²) in [7, 11) is 0. The quantitative estimate of drug-likeness (QED) is 0.423. The number of ether oxygens (including phenoxy) is 2. The van der Waals surface area contributed by atoms with Crippen molar-refractivity contribution >= 4 is 5.97 Å². The molecule has 0 amide bonds. The summed E-state index contributed by atoms with van der Waals surface area (Å²) in [4.78, 5) is 10.1. The maximum absolute atomic E-state index is 10.1. The Morgan fingerprint density at radius 3 is 2.67 bits per heavy atom. The van der Waals surface area contributed by atoms with Gasteiger partial charge in [-0.2, -0.15) is 0 Å². The summed E-state index contributed by atoms with van der Waals surface area (Å²) in [5.74, 6) is -0.376. The van der Waals surface area contributed by atoms with Gasteiger partial charge in [-0.25, -0.2) is 0 Å². The SMILES string of the molecule is C=COC=COC(C)=O. The highest BCUT2D eigenvalue weighted by Crippen LogP contribution is 1.80. The normalized spacial score (nSPS) is 9.00. The molecule has 0 rings (SSSR count). The molecule has 50 valence electrons. The molecule has 0 saturated carbocycles. The Bertz CT molecular complexity index is 126. The Kier molecular flexibility index (Phi) is 4.22. The first kappa shape index (κ1) is 7.75. The molecule has 3 heteroatoms. The molecule has 0 aromatic carbocycles. The molecule has 9 heavy (non-hydrogen) atoms. The van der Waals surface area contributed by atoms with Crippen molar-refractivity contribution in [1.29, 1.82) is 0 Å². The lowest BCUT2D eigenvalue weighted by atomic mass is 10.8. The highest BCUT2D eigenvalue weighted by molar-refractivity contribution is 5.66. The molecule has 0 N–H and O–H groups in total. The topological polar surface area (TPSA) is 35.5 Å². The first-order chi connectivity index (χ1) is 4.27. The van der Waals surface area contributed by atoms with E-state index >= 15 is 0 Å². The zero-order valence-corrected chi connectivity index (χ0v) is 5.16. The molecule has 0 aliphatic heterocycles. The van der Waals surface area contributed by atoms with Crippen molar-refractivity contribution in [2.75, 3.05) is 0 Å². The van der Waals surface area contributed by atoms with Crippen LogP contribution in [0.5, 0.6) is 0 Å². The molecule has 0 bridgehead atoms. The summed E-state index contributed by atoms with van der Waals surface area (Å²) in [5.41, 5.74) is 0. The fourth-order valence-electron chi connectivity index (χ4n) is 0.211. The zero-order valence-electron chi connectivity index (χ0n) is 5.16. The van der Waals surface area contributed by atoms with Crippen LogP contribution in [0.3, 0.4) is 0 Å². The van der Waals surface area contributed by atoms with Crippen LogP contribution in [0.2, 0.25) is 0 Å². The minimum atomic E-state index is -0.376. The molecule has 0 spiro atoms. The third-order valence-electron chi connectivity index (χ3n) is 0.464. The van der Waals surface area contributed by atoms with E-state index in [1.54, 1.807) is 0 Å². The van der Waals surface area contributed by atoms with Crippen molar-refractivity contribution in [3.8, 4) is 0 Å². The van der Waals surface area contributed by atoms with Crippen molar-refractivity contribution in [2.24, 2.45) is 0 Å². The van der Waals surface area contributed by atoms with Crippen molar-refractivity contribution in [3.05, 3.63) is 25.4 Å². The largest absolute Gasteiger partial charge is 0.470 e. The molecule has 0 aliphatic carbocycles. The zero-order chi connectivity index (χ0) is 7.11. The standard InChI is InChI=1S/C6H8O3/c1-3-8-4-5-9-6(2)7/h3-5H,1H2,2H3. The number of hydrogen-bond acceptors (Lipinski definition) is 3. The second-order valence-corrected chi connectivity index (χ2v) is 1.18. The van der Waals surface area contributed by atoms with Crippen LogP contribution in [0.1, 0.15) is 6.92 Å². The fraction of sp³-hybridized carbons (Fsp3) is 0.167. The molecule has 0 atom stereocenters. The third-order valence-corrected chi connectivity index (χ3v) is 0.464. The van der Waals surface area contributed by atoms with Crippen molar-refractivity contribution in [1.82, 2.24) is 0 Å². The average molecular weight is 128 g/mol. The fourth-order valence-corrected chi connectivity index (χ4v) is 0.211. The molecule has 0 aliphatic rings. The number of hydrogen-bond donors (Lipinski definition) is 0. The van der Waals surface area contributed by atoms with Gasteiger partial charge in [0, 0.05) is 6.92 Å². The van der Waals surface area contributed by atoms with Crippen LogP contribution < -0.4 is 0 Å². The lowest BCUT2D eigenvalue weighted by Crippen LogP contribution is -1.89. The molecule has 0 heterocycles. The average Bonchev–Trinajstić information content (AvgIpc) is 1.80. The monoisotopic (exact) mass is 128 g/mol. The van der Waals surface area contributed by atoms with E-state index in [1.807, 2.05) is 0 Å². The van der Waals surface area contributed by atoms with Gasteiger partial charge >= 0.3 is 5.97 Å². The highest BCUT2D eigenvalue weighted by atomic mass is 16.5. The Morgan fingerprint density at radius 2 is 2.22 bits per heavy atom. The third kappa shape index (κ3) is 6.75. The maximum atomic E-state index is 10.1. The van der Waals surface area contributed by atoms with E-state index in [1.165, 1.54) is 19.4 Å². The van der Waals surface area contributed by atoms with E-state index in [0.717, 1.165) is 6.26 Å². The van der Waals surface area contributed by atoms with Crippen LogP contribution in [0.4, 0.5) is 0 Å². The molecule has 0 aromatic heterocycles. The Balaban J connectivity index is 3.24. The van der Waals surface area contributed by atoms with E-state index < -0.39 is 0 Å². The minimum absolute atomic E-state index is 0.376. The van der Waals surface area contributed by atoms with Crippen LogP contribution in [0.15, 0.2) is 25.4 Å². The molecule has 0 radical (unpaired) electrons. The molecule has 0 aromatic rings. The first-order valence-electron chi connectivity index (χ1n) is 2.36. The maximum Gasteiger partial charge on any atom is 0.307 e. The molecule has 0 unspecified atom stereocenters. The Labute approximate surface area is 53.6 Å². The van der Waals surface area contributed by atoms with E-state index in [4.69, 9.17) is 0 Å². The van der Waals surface area contributed by atoms with Crippen molar-refractivity contribution in [2.45, 2.75) is 6.92 Å². The van der Waals surface area contributed by atoms with Crippen molar-refractivity contribution < 1.29 is 14.3 Å². The van der Waals surface area contributed by atoms with Crippen LogP contribution in [-0.2, 0) is 14.3 Å². The van der Waals surface area contributed by atoms with Crippen molar-refractivity contribution in [3.63, 3.8) is 0 Å². The van der Waals surface area contributed by atoms with Gasteiger partial charge < -0.3 is 9.47 Å². The van der Waals surface area contributed by atoms with Gasteiger partial charge in [-0.15, -0.1) is 0 Å². The summed E-state index contributed by atoms with van der Waals surface area (Å²) >= 11 is 0. The lowest BCUT2D eigenvalue weighted by molar-refractivity contribution is -0.135. The van der Waals surface area contributed by atoms with E-state index in [2.05, 4.69) is 16.1 Å². The molecular weight excluding hydrogens is 120 g/mol. The predicted octanol–water partition coefficient (Wildman–Crippen LogP) is 1.18. The number of carbonyl (C=O) groups is 1. The van der Waals surface area contributed by atoms with E-state index in [9.17, 15) is 4.79 Å². The van der Waals surface area contributed by atoms with Crippen LogP contribution in [-0.4, -0.2) is 5.97 Å². The van der Waals surface area contributed by atoms with Gasteiger partial charge in [0.15, 0.2) is 0 Å². The second kappa shape index (κ2) is 4.90. The van der Waals surface area contributed by atoms with Gasteiger partial charge in [-0.3, -0.25) is 4.79 Å². The summed E-state index contributed by atoms with van der Waals surface area (Å²) in [6.45, 7) is 4.57. The van der Waals surface area contributed by atoms with E-state index in [-0.39, 0.29) is 5.97 Å². The molecule has 3 nitrogen and oxygen atoms in total. The summed E-state index contributed by atoms with van der Waals surface area (Å²) in [6, 6.07) is 0. The lowest BCUT2D eigenvalue weighted by Gasteiger charge is -1.88. The van der Waals surface area contributed by atoms with E-state index in [0.29, 0.717) is 0 Å². The minimum Gasteiger partial charge on any atom is -0.470 e. The summed E-state index contributed by atoms with van der Waals surface area (Å²) in [6.07, 6.45) is 3.58. The van der Waals surface area contributed by atoms with Gasteiger partial charge in [0.05, 0.1) is 6.26 Å². The first-order valence-corrected chi connectivity index (χ1v) is 2.36. The molecule has 0 fully saturated rings. The predicted molar refractivity (Wildman–Crippen MR) is 32.2 cm³/mol. The number of carbonyl (C=O) groups excluding carboxylic acids is 1. The summed E-state index contributed by atoms with van der Waals surface area (Å²) in [5, 5.41) is 0. The number of esters is 1. The van der Waals surface area contributed by atoms with Gasteiger partial charge in [0.1, 0.15) is 12.5 Å². The molecular formula is C6H8O3. The van der Waals surface area contributed by atoms with Crippen LogP contribution in [0.25, 0.3) is 0 Å². The Morgan fingerprint density at radius 1 is 1.56 bits per heavy atom. The smallest absolute Gasteiger partial charge is 0.307 e. The van der Waals surface area contributed by atoms with Gasteiger partial charge in [0.2, 0.25) is 0 Å². The van der Waals surface area contributed by atoms with Gasteiger partial charge in [0.25, 0.3) is 0 Å². The van der Waals surface area contributed by atoms with Crippen LogP contribution in [0, 0.1) is 0 Å². The summed E-state index contributed by atoms with van der Waals surface area (Å²) < 4.78 is 8.84.